The maximum absolute atomic E-state index is 4.45. The molecule has 3 heteroatoms. The van der Waals surface area contributed by atoms with Crippen molar-refractivity contribution in [1.82, 2.24) is 10.3 Å². The second kappa shape index (κ2) is 5.66. The molecule has 16 heavy (non-hydrogen) atoms. The molecule has 0 saturated heterocycles. The van der Waals surface area contributed by atoms with Crippen LogP contribution >= 0.6 is 0 Å². The van der Waals surface area contributed by atoms with Gasteiger partial charge in [-0.2, -0.15) is 0 Å². The number of hydrogen-bond acceptors (Lipinski definition) is 3. The Balaban J connectivity index is 2.74. The lowest BCUT2D eigenvalue weighted by molar-refractivity contribution is 0.649. The molecule has 0 aromatic carbocycles. The van der Waals surface area contributed by atoms with Crippen LogP contribution in [0, 0.1) is 0 Å². The minimum atomic E-state index is 0.341. The summed E-state index contributed by atoms with van der Waals surface area (Å²) in [7, 11) is 3.98. The first-order chi connectivity index (χ1) is 7.54. The van der Waals surface area contributed by atoms with Gasteiger partial charge in [-0.25, -0.2) is 4.98 Å². The monoisotopic (exact) mass is 219 g/mol. The lowest BCUT2D eigenvalue weighted by Gasteiger charge is -2.19. The van der Waals surface area contributed by atoms with E-state index in [2.05, 4.69) is 34.8 Å². The van der Waals surface area contributed by atoms with Crippen molar-refractivity contribution in [1.29, 1.82) is 0 Å². The third kappa shape index (κ3) is 3.35. The Labute approximate surface area is 98.2 Å². The van der Waals surface area contributed by atoms with E-state index in [-0.39, 0.29) is 0 Å². The summed E-state index contributed by atoms with van der Waals surface area (Å²) in [6.45, 7) is 8.88. The van der Waals surface area contributed by atoms with Gasteiger partial charge < -0.3 is 10.2 Å². The van der Waals surface area contributed by atoms with Crippen molar-refractivity contribution in [3.8, 4) is 0 Å². The number of hydrogen-bond donors (Lipinski definition) is 1. The normalized spacial score (nSPS) is 12.2. The molecular formula is C13H21N3. The van der Waals surface area contributed by atoms with Gasteiger partial charge in [0.1, 0.15) is 5.82 Å². The third-order valence-electron chi connectivity index (χ3n) is 2.60. The molecule has 3 nitrogen and oxygen atoms in total. The Morgan fingerprint density at radius 2 is 2.25 bits per heavy atom. The molecule has 1 rings (SSSR count). The van der Waals surface area contributed by atoms with E-state index in [4.69, 9.17) is 0 Å². The van der Waals surface area contributed by atoms with E-state index in [1.54, 1.807) is 0 Å². The third-order valence-corrected chi connectivity index (χ3v) is 2.60. The lowest BCUT2D eigenvalue weighted by atomic mass is 10.1. The van der Waals surface area contributed by atoms with Crippen LogP contribution in [-0.4, -0.2) is 25.6 Å². The molecule has 0 fully saturated rings. The standard InChI is InChI=1S/C13H21N3/c1-10(2)9-16(5)13-7-6-12(8-15-13)11(3)14-4/h6-8,11,14H,1,9H2,2-5H3. The molecule has 1 heterocycles. The molecule has 1 atom stereocenters. The van der Waals surface area contributed by atoms with Crippen molar-refractivity contribution < 1.29 is 0 Å². The highest BCUT2D eigenvalue weighted by atomic mass is 15.2. The zero-order valence-corrected chi connectivity index (χ0v) is 10.6. The largest absolute Gasteiger partial charge is 0.356 e. The van der Waals surface area contributed by atoms with E-state index in [1.165, 1.54) is 5.56 Å². The molecule has 0 aliphatic rings. The highest BCUT2D eigenvalue weighted by molar-refractivity contribution is 5.40. The highest BCUT2D eigenvalue weighted by Gasteiger charge is 2.05. The zero-order valence-electron chi connectivity index (χ0n) is 10.6. The molecule has 1 N–H and O–H groups in total. The quantitative estimate of drug-likeness (QED) is 0.771. The van der Waals surface area contributed by atoms with Gasteiger partial charge in [-0.1, -0.05) is 18.2 Å². The molecule has 1 aromatic heterocycles. The number of pyridine rings is 1. The van der Waals surface area contributed by atoms with Gasteiger partial charge >= 0.3 is 0 Å². The summed E-state index contributed by atoms with van der Waals surface area (Å²) in [6, 6.07) is 4.50. The van der Waals surface area contributed by atoms with Crippen LogP contribution in [0.3, 0.4) is 0 Å². The van der Waals surface area contributed by atoms with Crippen molar-refractivity contribution in [3.63, 3.8) is 0 Å². The molecule has 0 aliphatic carbocycles. The Morgan fingerprint density at radius 3 is 2.69 bits per heavy atom. The lowest BCUT2D eigenvalue weighted by Crippen LogP contribution is -2.20. The molecule has 0 spiro atoms. The topological polar surface area (TPSA) is 28.2 Å². The first kappa shape index (κ1) is 12.7. The van der Waals surface area contributed by atoms with Gasteiger partial charge in [-0.3, -0.25) is 0 Å². The van der Waals surface area contributed by atoms with Gasteiger partial charge in [0.2, 0.25) is 0 Å². The molecule has 0 radical (unpaired) electrons. The van der Waals surface area contributed by atoms with Crippen molar-refractivity contribution in [2.45, 2.75) is 19.9 Å². The number of aromatic nitrogens is 1. The van der Waals surface area contributed by atoms with E-state index >= 15 is 0 Å². The van der Waals surface area contributed by atoms with Crippen LogP contribution in [0.4, 0.5) is 5.82 Å². The number of anilines is 1. The fourth-order valence-corrected chi connectivity index (χ4v) is 1.53. The second-order valence-electron chi connectivity index (χ2n) is 4.27. The van der Waals surface area contributed by atoms with Crippen LogP contribution in [0.5, 0.6) is 0 Å². The predicted octanol–water partition coefficient (Wildman–Crippen LogP) is 2.37. The fourth-order valence-electron chi connectivity index (χ4n) is 1.53. The van der Waals surface area contributed by atoms with Crippen LogP contribution in [0.15, 0.2) is 30.5 Å². The van der Waals surface area contributed by atoms with Gasteiger partial charge in [0, 0.05) is 25.8 Å². The summed E-state index contributed by atoms with van der Waals surface area (Å²) >= 11 is 0. The van der Waals surface area contributed by atoms with Crippen LogP contribution in [0.1, 0.15) is 25.5 Å². The van der Waals surface area contributed by atoms with Crippen molar-refractivity contribution >= 4 is 5.82 Å². The van der Waals surface area contributed by atoms with Crippen molar-refractivity contribution in [2.75, 3.05) is 25.5 Å². The Bertz CT molecular complexity index is 343. The molecule has 0 amide bonds. The Hall–Kier alpha value is -1.35. The summed E-state index contributed by atoms with van der Waals surface area (Å²) in [4.78, 5) is 6.54. The summed E-state index contributed by atoms with van der Waals surface area (Å²) in [5.74, 6) is 0.982. The SMILES string of the molecule is C=C(C)CN(C)c1ccc(C(C)NC)cn1. The van der Waals surface area contributed by atoms with E-state index in [1.807, 2.05) is 33.3 Å². The maximum Gasteiger partial charge on any atom is 0.128 e. The first-order valence-corrected chi connectivity index (χ1v) is 5.53. The van der Waals surface area contributed by atoms with Crippen LogP contribution in [-0.2, 0) is 0 Å². The van der Waals surface area contributed by atoms with E-state index in [0.717, 1.165) is 17.9 Å². The molecule has 0 aliphatic heterocycles. The van der Waals surface area contributed by atoms with E-state index < -0.39 is 0 Å². The van der Waals surface area contributed by atoms with Gasteiger partial charge in [0.25, 0.3) is 0 Å². The summed E-state index contributed by atoms with van der Waals surface area (Å²) in [5, 5.41) is 3.19. The maximum atomic E-state index is 4.45. The van der Waals surface area contributed by atoms with E-state index in [9.17, 15) is 0 Å². The van der Waals surface area contributed by atoms with Crippen molar-refractivity contribution in [2.24, 2.45) is 0 Å². The van der Waals surface area contributed by atoms with Crippen molar-refractivity contribution in [3.05, 3.63) is 36.0 Å². The predicted molar refractivity (Wildman–Crippen MR) is 69.8 cm³/mol. The minimum absolute atomic E-state index is 0.341. The number of nitrogens with zero attached hydrogens (tertiary/aromatic N) is 2. The average Bonchev–Trinajstić information content (AvgIpc) is 2.27. The molecule has 1 aromatic rings. The van der Waals surface area contributed by atoms with E-state index in [0.29, 0.717) is 6.04 Å². The number of likely N-dealkylation sites (N-methyl/N-ethyl adjacent to an activating group) is 1. The minimum Gasteiger partial charge on any atom is -0.356 e. The fraction of sp³-hybridized carbons (Fsp3) is 0.462. The van der Waals surface area contributed by atoms with Crippen LogP contribution in [0.2, 0.25) is 0 Å². The van der Waals surface area contributed by atoms with Gasteiger partial charge in [0.05, 0.1) is 0 Å². The van der Waals surface area contributed by atoms with Gasteiger partial charge in [-0.05, 0) is 32.5 Å². The average molecular weight is 219 g/mol. The highest BCUT2D eigenvalue weighted by Crippen LogP contribution is 2.15. The number of rotatable bonds is 5. The number of nitrogens with one attached hydrogen (secondary N) is 1. The van der Waals surface area contributed by atoms with Gasteiger partial charge in [0.15, 0.2) is 0 Å². The smallest absolute Gasteiger partial charge is 0.128 e. The molecule has 0 saturated carbocycles. The van der Waals surface area contributed by atoms with Gasteiger partial charge in [-0.15, -0.1) is 0 Å². The summed E-state index contributed by atoms with van der Waals surface area (Å²) in [6.07, 6.45) is 1.92. The summed E-state index contributed by atoms with van der Waals surface area (Å²) in [5.41, 5.74) is 2.34. The molecule has 88 valence electrons. The first-order valence-electron chi connectivity index (χ1n) is 5.53. The molecule has 0 bridgehead atoms. The molecular weight excluding hydrogens is 198 g/mol. The zero-order chi connectivity index (χ0) is 12.1. The summed E-state index contributed by atoms with van der Waals surface area (Å²) < 4.78 is 0. The molecule has 1 unspecified atom stereocenters. The van der Waals surface area contributed by atoms with Crippen LogP contribution < -0.4 is 10.2 Å². The Kier molecular flexibility index (Phi) is 4.50. The van der Waals surface area contributed by atoms with Crippen LogP contribution in [0.25, 0.3) is 0 Å². The Morgan fingerprint density at radius 1 is 1.56 bits per heavy atom. The second-order valence-corrected chi connectivity index (χ2v) is 4.27.